The molecule has 1 aliphatic carbocycles. The van der Waals surface area contributed by atoms with Crippen LogP contribution in [-0.2, 0) is 10.0 Å². The molecule has 5 nitrogen and oxygen atoms in total. The summed E-state index contributed by atoms with van der Waals surface area (Å²) in [6.07, 6.45) is 1.84. The van der Waals surface area contributed by atoms with Crippen molar-refractivity contribution < 1.29 is 8.42 Å². The largest absolute Gasteiger partial charge is 0.375 e. The number of nitrogens with two attached hydrogens (primary N) is 1. The van der Waals surface area contributed by atoms with Crippen LogP contribution in [0.5, 0.6) is 0 Å². The number of sulfonamides is 1. The van der Waals surface area contributed by atoms with E-state index in [1.807, 2.05) is 11.4 Å². The Balaban J connectivity index is 1.95. The minimum atomic E-state index is -3.43. The lowest BCUT2D eigenvalue weighted by Crippen LogP contribution is -2.25. The summed E-state index contributed by atoms with van der Waals surface area (Å²) >= 11 is 1.33. The highest BCUT2D eigenvalue weighted by Gasteiger charge is 2.28. The van der Waals surface area contributed by atoms with Crippen LogP contribution in [0.25, 0.3) is 11.3 Å². The molecule has 1 saturated carbocycles. The van der Waals surface area contributed by atoms with Crippen LogP contribution in [0, 0.1) is 0 Å². The normalized spacial score (nSPS) is 15.6. The molecule has 1 fully saturated rings. The molecule has 0 atom stereocenters. The second kappa shape index (κ2) is 4.59. The smallest absolute Gasteiger partial charge is 0.240 e. The molecule has 1 heterocycles. The maximum absolute atomic E-state index is 12.1. The summed E-state index contributed by atoms with van der Waals surface area (Å²) in [4.78, 5) is 4.43. The summed E-state index contributed by atoms with van der Waals surface area (Å²) < 4.78 is 26.9. The van der Waals surface area contributed by atoms with Crippen molar-refractivity contribution in [1.82, 2.24) is 9.71 Å². The summed E-state index contributed by atoms with van der Waals surface area (Å²) in [6, 6.07) is 6.85. The maximum Gasteiger partial charge on any atom is 0.240 e. The molecule has 1 aliphatic rings. The number of nitrogens with one attached hydrogen (secondary N) is 1. The summed E-state index contributed by atoms with van der Waals surface area (Å²) in [7, 11) is -3.43. The first-order valence-corrected chi connectivity index (χ1v) is 8.25. The first kappa shape index (κ1) is 12.6. The van der Waals surface area contributed by atoms with Crippen molar-refractivity contribution in [3.63, 3.8) is 0 Å². The van der Waals surface area contributed by atoms with Crippen molar-refractivity contribution in [1.29, 1.82) is 0 Å². The minimum absolute atomic E-state index is 0.101. The molecule has 0 unspecified atom stereocenters. The zero-order valence-corrected chi connectivity index (χ0v) is 11.7. The van der Waals surface area contributed by atoms with Gasteiger partial charge in [0.25, 0.3) is 0 Å². The Morgan fingerprint density at radius 1 is 1.37 bits per heavy atom. The van der Waals surface area contributed by atoms with E-state index in [4.69, 9.17) is 5.73 Å². The summed E-state index contributed by atoms with van der Waals surface area (Å²) in [6.45, 7) is 0. The van der Waals surface area contributed by atoms with Crippen molar-refractivity contribution in [2.75, 3.05) is 5.73 Å². The van der Waals surface area contributed by atoms with Crippen molar-refractivity contribution in [2.45, 2.75) is 23.8 Å². The highest BCUT2D eigenvalue weighted by atomic mass is 32.2. The van der Waals surface area contributed by atoms with Crippen LogP contribution < -0.4 is 10.5 Å². The summed E-state index contributed by atoms with van der Waals surface area (Å²) in [5.74, 6) is 0. The van der Waals surface area contributed by atoms with Crippen molar-refractivity contribution in [3.05, 3.63) is 29.6 Å². The predicted octanol–water partition coefficient (Wildman–Crippen LogP) is 1.83. The first-order valence-electron chi connectivity index (χ1n) is 5.88. The van der Waals surface area contributed by atoms with E-state index in [1.165, 1.54) is 11.3 Å². The molecule has 0 saturated heterocycles. The Hall–Kier alpha value is -1.44. The molecule has 0 bridgehead atoms. The third-order valence-electron chi connectivity index (χ3n) is 2.86. The van der Waals surface area contributed by atoms with Gasteiger partial charge in [-0.3, -0.25) is 0 Å². The Bertz CT molecular complexity index is 705. The van der Waals surface area contributed by atoms with Gasteiger partial charge in [0.15, 0.2) is 5.13 Å². The van der Waals surface area contributed by atoms with Crippen LogP contribution in [-0.4, -0.2) is 19.4 Å². The molecule has 0 aliphatic heterocycles. The van der Waals surface area contributed by atoms with Gasteiger partial charge in [-0.25, -0.2) is 18.1 Å². The van der Waals surface area contributed by atoms with Crippen LogP contribution in [0.3, 0.4) is 0 Å². The Morgan fingerprint density at radius 2 is 2.16 bits per heavy atom. The van der Waals surface area contributed by atoms with Gasteiger partial charge in [-0.2, -0.15) is 0 Å². The highest BCUT2D eigenvalue weighted by molar-refractivity contribution is 7.89. The number of benzene rings is 1. The number of hydrogen-bond donors (Lipinski definition) is 2. The number of anilines is 1. The van der Waals surface area contributed by atoms with E-state index in [1.54, 1.807) is 18.2 Å². The van der Waals surface area contributed by atoms with Gasteiger partial charge in [0.05, 0.1) is 10.6 Å². The van der Waals surface area contributed by atoms with E-state index in [0.717, 1.165) is 18.4 Å². The second-order valence-corrected chi connectivity index (χ2v) is 7.10. The topological polar surface area (TPSA) is 85.1 Å². The molecule has 3 rings (SSSR count). The van der Waals surface area contributed by atoms with Crippen LogP contribution >= 0.6 is 11.3 Å². The first-order chi connectivity index (χ1) is 9.04. The van der Waals surface area contributed by atoms with Crippen LogP contribution in [0.1, 0.15) is 12.8 Å². The zero-order chi connectivity index (χ0) is 13.5. The third kappa shape index (κ3) is 2.78. The fourth-order valence-corrected chi connectivity index (χ4v) is 3.65. The van der Waals surface area contributed by atoms with E-state index >= 15 is 0 Å². The third-order valence-corrected chi connectivity index (χ3v) is 5.05. The van der Waals surface area contributed by atoms with Gasteiger partial charge < -0.3 is 5.73 Å². The van der Waals surface area contributed by atoms with E-state index in [-0.39, 0.29) is 10.9 Å². The minimum Gasteiger partial charge on any atom is -0.375 e. The average molecular weight is 295 g/mol. The Labute approximate surface area is 115 Å². The molecule has 0 radical (unpaired) electrons. The number of nitrogens with zero attached hydrogens (tertiary/aromatic N) is 1. The Morgan fingerprint density at radius 3 is 2.79 bits per heavy atom. The molecule has 0 spiro atoms. The zero-order valence-electron chi connectivity index (χ0n) is 10.0. The van der Waals surface area contributed by atoms with Gasteiger partial charge in [0.2, 0.25) is 10.0 Å². The van der Waals surface area contributed by atoms with Gasteiger partial charge in [-0.1, -0.05) is 12.1 Å². The lowest BCUT2D eigenvalue weighted by molar-refractivity contribution is 0.581. The standard InChI is InChI=1S/C12H13N3O2S2/c13-12-14-11(7-18-12)8-2-1-3-10(6-8)19(16,17)15-9-4-5-9/h1-3,6-7,9,15H,4-5H2,(H2,13,14). The van der Waals surface area contributed by atoms with Crippen molar-refractivity contribution >= 4 is 26.5 Å². The monoisotopic (exact) mass is 295 g/mol. The fourth-order valence-electron chi connectivity index (χ4n) is 1.73. The van der Waals surface area contributed by atoms with Crippen molar-refractivity contribution in [2.24, 2.45) is 0 Å². The highest BCUT2D eigenvalue weighted by Crippen LogP contribution is 2.26. The predicted molar refractivity (Wildman–Crippen MR) is 75.3 cm³/mol. The van der Waals surface area contributed by atoms with Gasteiger partial charge in [0, 0.05) is 17.0 Å². The fraction of sp³-hybridized carbons (Fsp3) is 0.250. The van der Waals surface area contributed by atoms with Gasteiger partial charge in [0.1, 0.15) is 0 Å². The lowest BCUT2D eigenvalue weighted by atomic mass is 10.2. The number of aromatic nitrogens is 1. The molecular weight excluding hydrogens is 282 g/mol. The number of thiazole rings is 1. The molecule has 1 aromatic carbocycles. The SMILES string of the molecule is Nc1nc(-c2cccc(S(=O)(=O)NC3CC3)c2)cs1. The quantitative estimate of drug-likeness (QED) is 0.901. The maximum atomic E-state index is 12.1. The van der Waals surface area contributed by atoms with E-state index in [9.17, 15) is 8.42 Å². The van der Waals surface area contributed by atoms with Crippen LogP contribution in [0.2, 0.25) is 0 Å². The van der Waals surface area contributed by atoms with Gasteiger partial charge in [-0.15, -0.1) is 11.3 Å². The molecule has 7 heteroatoms. The van der Waals surface area contributed by atoms with Crippen LogP contribution in [0.15, 0.2) is 34.5 Å². The number of hydrogen-bond acceptors (Lipinski definition) is 5. The van der Waals surface area contributed by atoms with E-state index < -0.39 is 10.0 Å². The summed E-state index contributed by atoms with van der Waals surface area (Å²) in [5, 5.41) is 2.29. The average Bonchev–Trinajstić information content (AvgIpc) is 3.07. The van der Waals surface area contributed by atoms with Crippen molar-refractivity contribution in [3.8, 4) is 11.3 Å². The van der Waals surface area contributed by atoms with Gasteiger partial charge >= 0.3 is 0 Å². The molecule has 3 N–H and O–H groups in total. The van der Waals surface area contributed by atoms with Crippen LogP contribution in [0.4, 0.5) is 5.13 Å². The molecule has 0 amide bonds. The lowest BCUT2D eigenvalue weighted by Gasteiger charge is -2.06. The molecular formula is C12H13N3O2S2. The van der Waals surface area contributed by atoms with E-state index in [2.05, 4.69) is 9.71 Å². The van der Waals surface area contributed by atoms with E-state index in [0.29, 0.717) is 10.8 Å². The molecule has 100 valence electrons. The second-order valence-electron chi connectivity index (χ2n) is 4.49. The number of rotatable bonds is 4. The molecule has 2 aromatic rings. The molecule has 19 heavy (non-hydrogen) atoms. The number of nitrogen functional groups attached to an aromatic ring is 1. The summed E-state index contributed by atoms with van der Waals surface area (Å²) in [5.41, 5.74) is 7.05. The molecule has 1 aromatic heterocycles. The Kier molecular flexibility index (Phi) is 3.04. The van der Waals surface area contributed by atoms with Gasteiger partial charge in [-0.05, 0) is 25.0 Å².